The number of carbonyl (C=O) groups is 1. The molecule has 4 heterocycles. The molecule has 4 aromatic heterocycles. The molecule has 0 bridgehead atoms. The number of ketones is 1. The number of sulfonamides is 1. The van der Waals surface area contributed by atoms with E-state index in [1.54, 1.807) is 42.5 Å². The van der Waals surface area contributed by atoms with Crippen LogP contribution < -0.4 is 4.72 Å². The third kappa shape index (κ3) is 4.68. The highest BCUT2D eigenvalue weighted by Crippen LogP contribution is 2.29. The monoisotopic (exact) mass is 523 g/mol. The van der Waals surface area contributed by atoms with Crippen LogP contribution in [0.4, 0.5) is 14.5 Å². The van der Waals surface area contributed by atoms with E-state index in [2.05, 4.69) is 29.6 Å². The molecule has 1 aromatic carbocycles. The summed E-state index contributed by atoms with van der Waals surface area (Å²) < 4.78 is 57.8. The topological polar surface area (TPSA) is 136 Å². The van der Waals surface area contributed by atoms with Gasteiger partial charge in [-0.3, -0.25) is 19.1 Å². The minimum atomic E-state index is -3.86. The molecule has 5 rings (SSSR count). The van der Waals surface area contributed by atoms with Gasteiger partial charge in [0.2, 0.25) is 15.8 Å². The van der Waals surface area contributed by atoms with E-state index < -0.39 is 38.7 Å². The van der Waals surface area contributed by atoms with Crippen LogP contribution in [0.2, 0.25) is 0 Å². The molecule has 10 nitrogen and oxygen atoms in total. The van der Waals surface area contributed by atoms with Crippen LogP contribution in [0.25, 0.3) is 28.1 Å². The van der Waals surface area contributed by atoms with Crippen molar-refractivity contribution in [2.75, 3.05) is 10.5 Å². The maximum absolute atomic E-state index is 15.2. The number of benzene rings is 1. The number of aromatic amines is 1. The number of aromatic nitrogens is 6. The lowest BCUT2D eigenvalue weighted by molar-refractivity contribution is 0.103. The Morgan fingerprint density at radius 3 is 2.68 bits per heavy atom. The Morgan fingerprint density at radius 2 is 1.97 bits per heavy atom. The maximum atomic E-state index is 15.2. The van der Waals surface area contributed by atoms with Crippen molar-refractivity contribution in [2.24, 2.45) is 0 Å². The minimum Gasteiger partial charge on any atom is -0.345 e. The van der Waals surface area contributed by atoms with E-state index >= 15 is 4.39 Å². The second-order valence-corrected chi connectivity index (χ2v) is 9.93. The lowest BCUT2D eigenvalue weighted by Gasteiger charge is -2.11. The fraction of sp³-hybridized carbons (Fsp3) is 0.125. The lowest BCUT2D eigenvalue weighted by atomic mass is 10.0. The van der Waals surface area contributed by atoms with Gasteiger partial charge in [0, 0.05) is 41.3 Å². The average molecular weight is 524 g/mol. The summed E-state index contributed by atoms with van der Waals surface area (Å²) in [6.07, 6.45) is 11.1. The number of rotatable bonds is 8. The quantitative estimate of drug-likeness (QED) is 0.295. The van der Waals surface area contributed by atoms with Crippen molar-refractivity contribution in [3.63, 3.8) is 0 Å². The number of anilines is 1. The van der Waals surface area contributed by atoms with Crippen LogP contribution in [0.1, 0.15) is 29.3 Å². The van der Waals surface area contributed by atoms with Gasteiger partial charge in [0.25, 0.3) is 0 Å². The van der Waals surface area contributed by atoms with Crippen LogP contribution >= 0.6 is 0 Å². The number of carbonyl (C=O) groups excluding carboxylic acids is 1. The van der Waals surface area contributed by atoms with Gasteiger partial charge in [0.1, 0.15) is 17.8 Å². The Hall–Kier alpha value is -4.52. The second kappa shape index (κ2) is 9.50. The van der Waals surface area contributed by atoms with Crippen LogP contribution in [0.5, 0.6) is 0 Å². The van der Waals surface area contributed by atoms with Crippen LogP contribution in [0, 0.1) is 11.6 Å². The van der Waals surface area contributed by atoms with Crippen molar-refractivity contribution in [2.45, 2.75) is 13.3 Å². The number of nitrogens with zero attached hydrogens (tertiary/aromatic N) is 5. The molecule has 0 aliphatic heterocycles. The smallest absolute Gasteiger partial charge is 0.232 e. The van der Waals surface area contributed by atoms with Gasteiger partial charge in [0.05, 0.1) is 35.1 Å². The fourth-order valence-electron chi connectivity index (χ4n) is 3.79. The summed E-state index contributed by atoms with van der Waals surface area (Å²) in [5, 5.41) is 0.304. The summed E-state index contributed by atoms with van der Waals surface area (Å²) in [7, 11) is -3.86. The standard InChI is InChI=1S/C24H19F2N7O3S/c1-2-7-37(35,36)32-18-4-3-17(25)21(22(18)26)23(34)16-10-31-24-15(16)8-14(9-30-24)19-11-29-20(12-28-19)33-6-5-27-13-33/h3-6,8-13,32H,2,7H2,1H3,(H,30,31). The Labute approximate surface area is 209 Å². The van der Waals surface area contributed by atoms with Crippen LogP contribution in [0.15, 0.2) is 61.7 Å². The van der Waals surface area contributed by atoms with E-state index in [1.807, 2.05) is 0 Å². The Kier molecular flexibility index (Phi) is 6.21. The molecule has 0 amide bonds. The van der Waals surface area contributed by atoms with Crippen molar-refractivity contribution in [3.05, 3.63) is 84.5 Å². The Bertz CT molecular complexity index is 1720. The fourth-order valence-corrected chi connectivity index (χ4v) is 4.92. The molecule has 0 atom stereocenters. The van der Waals surface area contributed by atoms with Crippen LogP contribution in [-0.4, -0.2) is 49.4 Å². The first kappa shape index (κ1) is 24.2. The summed E-state index contributed by atoms with van der Waals surface area (Å²) in [6.45, 7) is 1.65. The number of halogens is 2. The predicted molar refractivity (Wildman–Crippen MR) is 132 cm³/mol. The molecule has 0 unspecified atom stereocenters. The van der Waals surface area contributed by atoms with E-state index in [1.165, 1.54) is 18.6 Å². The Balaban J connectivity index is 1.52. The molecule has 0 aliphatic carbocycles. The SMILES string of the molecule is CCCS(=O)(=O)Nc1ccc(F)c(C(=O)c2c[nH]c3ncc(-c4cnc(-n5ccnc5)cn4)cc23)c1F. The molecular weight excluding hydrogens is 504 g/mol. The molecule has 0 saturated carbocycles. The summed E-state index contributed by atoms with van der Waals surface area (Å²) in [5.41, 5.74) is -0.137. The number of imidazole rings is 1. The molecule has 0 aliphatic rings. The van der Waals surface area contributed by atoms with Gasteiger partial charge in [-0.15, -0.1) is 0 Å². The van der Waals surface area contributed by atoms with Gasteiger partial charge in [-0.25, -0.2) is 32.2 Å². The predicted octanol–water partition coefficient (Wildman–Crippen LogP) is 3.87. The van der Waals surface area contributed by atoms with Crippen molar-refractivity contribution < 1.29 is 22.0 Å². The molecule has 0 spiro atoms. The average Bonchev–Trinajstić information content (AvgIpc) is 3.56. The third-order valence-corrected chi connectivity index (χ3v) is 7.01. The number of nitrogens with one attached hydrogen (secondary N) is 2. The number of hydrogen-bond acceptors (Lipinski definition) is 7. The van der Waals surface area contributed by atoms with Crippen molar-refractivity contribution in [1.82, 2.24) is 29.5 Å². The highest BCUT2D eigenvalue weighted by Gasteiger charge is 2.26. The zero-order valence-corrected chi connectivity index (χ0v) is 20.1. The minimum absolute atomic E-state index is 0.0429. The molecule has 2 N–H and O–H groups in total. The molecule has 0 fully saturated rings. The van der Waals surface area contributed by atoms with E-state index in [9.17, 15) is 17.6 Å². The first-order chi connectivity index (χ1) is 17.8. The summed E-state index contributed by atoms with van der Waals surface area (Å²) in [5.74, 6) is -3.10. The van der Waals surface area contributed by atoms with Crippen molar-refractivity contribution >= 4 is 32.5 Å². The maximum Gasteiger partial charge on any atom is 0.232 e. The number of fused-ring (bicyclic) bond motifs is 1. The van der Waals surface area contributed by atoms with Gasteiger partial charge in [-0.2, -0.15) is 0 Å². The lowest BCUT2D eigenvalue weighted by Crippen LogP contribution is -2.18. The summed E-state index contributed by atoms with van der Waals surface area (Å²) in [4.78, 5) is 33.1. The van der Waals surface area contributed by atoms with E-state index in [0.29, 0.717) is 34.5 Å². The molecule has 188 valence electrons. The first-order valence-corrected chi connectivity index (χ1v) is 12.7. The third-order valence-electron chi connectivity index (χ3n) is 5.54. The van der Waals surface area contributed by atoms with Crippen molar-refractivity contribution in [3.8, 4) is 17.1 Å². The zero-order chi connectivity index (χ0) is 26.2. The summed E-state index contributed by atoms with van der Waals surface area (Å²) >= 11 is 0. The van der Waals surface area contributed by atoms with E-state index in [-0.39, 0.29) is 11.3 Å². The molecule has 5 aromatic rings. The first-order valence-electron chi connectivity index (χ1n) is 11.1. The van der Waals surface area contributed by atoms with Crippen molar-refractivity contribution in [1.29, 1.82) is 0 Å². The molecule has 37 heavy (non-hydrogen) atoms. The molecular formula is C24H19F2N7O3S. The van der Waals surface area contributed by atoms with Gasteiger partial charge in [-0.1, -0.05) is 6.92 Å². The Morgan fingerprint density at radius 1 is 1.14 bits per heavy atom. The second-order valence-electron chi connectivity index (χ2n) is 8.09. The van der Waals surface area contributed by atoms with Crippen LogP contribution in [-0.2, 0) is 10.0 Å². The van der Waals surface area contributed by atoms with Crippen LogP contribution in [0.3, 0.4) is 0 Å². The highest BCUT2D eigenvalue weighted by atomic mass is 32.2. The van der Waals surface area contributed by atoms with Gasteiger partial charge in [-0.05, 0) is 24.6 Å². The normalized spacial score (nSPS) is 11.6. The van der Waals surface area contributed by atoms with E-state index in [0.717, 1.165) is 12.1 Å². The van der Waals surface area contributed by atoms with E-state index in [4.69, 9.17) is 0 Å². The summed E-state index contributed by atoms with van der Waals surface area (Å²) in [6, 6.07) is 3.39. The number of hydrogen-bond donors (Lipinski definition) is 2. The van der Waals surface area contributed by atoms with Gasteiger partial charge >= 0.3 is 0 Å². The van der Waals surface area contributed by atoms with Gasteiger partial charge < -0.3 is 4.98 Å². The molecule has 13 heteroatoms. The molecule has 0 saturated heterocycles. The van der Waals surface area contributed by atoms with Gasteiger partial charge in [0.15, 0.2) is 11.6 Å². The number of H-pyrrole nitrogens is 1. The number of pyridine rings is 1. The molecule has 0 radical (unpaired) electrons. The zero-order valence-electron chi connectivity index (χ0n) is 19.3. The highest BCUT2D eigenvalue weighted by molar-refractivity contribution is 7.92. The largest absolute Gasteiger partial charge is 0.345 e.